The summed E-state index contributed by atoms with van der Waals surface area (Å²) in [7, 11) is 1.18. The summed E-state index contributed by atoms with van der Waals surface area (Å²) in [5.74, 6) is -1.23. The van der Waals surface area contributed by atoms with Crippen LogP contribution in [0.5, 0.6) is 0 Å². The smallest absolute Gasteiger partial charge is 0.356 e. The van der Waals surface area contributed by atoms with Gasteiger partial charge in [0.25, 0.3) is 0 Å². The minimum absolute atomic E-state index is 0.0522. The van der Waals surface area contributed by atoms with Crippen molar-refractivity contribution in [2.45, 2.75) is 19.9 Å². The monoisotopic (exact) mass is 296 g/mol. The first kappa shape index (κ1) is 16.3. The van der Waals surface area contributed by atoms with Crippen LogP contribution in [0.25, 0.3) is 0 Å². The van der Waals surface area contributed by atoms with Gasteiger partial charge < -0.3 is 15.4 Å². The van der Waals surface area contributed by atoms with Gasteiger partial charge in [0, 0.05) is 12.1 Å². The molecule has 1 aromatic heterocycles. The molecular formula is C12H16N4O5. The molecule has 0 fully saturated rings. The van der Waals surface area contributed by atoms with Crippen LogP contribution in [0.2, 0.25) is 0 Å². The fraction of sp³-hybridized carbons (Fsp3) is 0.417. The second-order valence-electron chi connectivity index (χ2n) is 4.39. The van der Waals surface area contributed by atoms with Gasteiger partial charge in [0.1, 0.15) is 0 Å². The van der Waals surface area contributed by atoms with E-state index >= 15 is 0 Å². The number of nitro groups is 1. The Kier molecular flexibility index (Phi) is 5.58. The van der Waals surface area contributed by atoms with Gasteiger partial charge in [0.15, 0.2) is 5.69 Å². The molecule has 0 aromatic carbocycles. The molecule has 0 aliphatic heterocycles. The highest BCUT2D eigenvalue weighted by atomic mass is 16.6. The van der Waals surface area contributed by atoms with Gasteiger partial charge >= 0.3 is 11.7 Å². The van der Waals surface area contributed by atoms with Crippen LogP contribution >= 0.6 is 0 Å². The van der Waals surface area contributed by atoms with Crippen molar-refractivity contribution >= 4 is 23.4 Å². The number of nitrogens with zero attached hydrogens (tertiary/aromatic N) is 2. The molecule has 9 nitrogen and oxygen atoms in total. The molecule has 0 saturated heterocycles. The molecule has 1 amide bonds. The van der Waals surface area contributed by atoms with Crippen LogP contribution in [-0.4, -0.2) is 41.5 Å². The fourth-order valence-corrected chi connectivity index (χ4v) is 1.48. The van der Waals surface area contributed by atoms with Crippen LogP contribution in [0.15, 0.2) is 12.1 Å². The zero-order valence-corrected chi connectivity index (χ0v) is 11.9. The average Bonchev–Trinajstić information content (AvgIpc) is 2.43. The van der Waals surface area contributed by atoms with Crippen molar-refractivity contribution in [3.63, 3.8) is 0 Å². The van der Waals surface area contributed by atoms with Gasteiger partial charge in [-0.3, -0.25) is 14.9 Å². The van der Waals surface area contributed by atoms with Crippen LogP contribution in [0.4, 0.5) is 11.5 Å². The first-order valence-corrected chi connectivity index (χ1v) is 6.12. The number of amides is 1. The molecule has 9 heteroatoms. The predicted octanol–water partition coefficient (Wildman–Crippen LogP) is 0.713. The van der Waals surface area contributed by atoms with E-state index in [1.165, 1.54) is 13.2 Å². The molecule has 0 atom stereocenters. The van der Waals surface area contributed by atoms with Crippen LogP contribution in [0, 0.1) is 10.1 Å². The Hall–Kier alpha value is -2.71. The van der Waals surface area contributed by atoms with Gasteiger partial charge in [-0.1, -0.05) is 0 Å². The molecule has 1 aromatic rings. The molecular weight excluding hydrogens is 280 g/mol. The summed E-state index contributed by atoms with van der Waals surface area (Å²) in [6.45, 7) is 3.38. The maximum Gasteiger partial charge on any atom is 0.356 e. The maximum atomic E-state index is 11.5. The van der Waals surface area contributed by atoms with E-state index in [-0.39, 0.29) is 35.7 Å². The van der Waals surface area contributed by atoms with E-state index in [9.17, 15) is 19.7 Å². The highest BCUT2D eigenvalue weighted by Crippen LogP contribution is 2.22. The number of methoxy groups -OCH3 is 1. The predicted molar refractivity (Wildman–Crippen MR) is 74.0 cm³/mol. The number of rotatable bonds is 6. The van der Waals surface area contributed by atoms with E-state index in [1.807, 2.05) is 0 Å². The molecule has 21 heavy (non-hydrogen) atoms. The van der Waals surface area contributed by atoms with E-state index in [0.717, 1.165) is 6.07 Å². The Morgan fingerprint density at radius 3 is 2.62 bits per heavy atom. The van der Waals surface area contributed by atoms with Crippen molar-refractivity contribution in [3.8, 4) is 0 Å². The zero-order chi connectivity index (χ0) is 16.0. The number of ether oxygens (including phenoxy) is 1. The molecule has 0 aliphatic rings. The van der Waals surface area contributed by atoms with Crippen LogP contribution in [-0.2, 0) is 9.53 Å². The van der Waals surface area contributed by atoms with Gasteiger partial charge in [-0.2, -0.15) is 0 Å². The third-order valence-corrected chi connectivity index (χ3v) is 2.33. The van der Waals surface area contributed by atoms with Crippen molar-refractivity contribution in [2.24, 2.45) is 0 Å². The quantitative estimate of drug-likeness (QED) is 0.450. The van der Waals surface area contributed by atoms with Crippen molar-refractivity contribution in [2.75, 3.05) is 19.0 Å². The summed E-state index contributed by atoms with van der Waals surface area (Å²) < 4.78 is 4.49. The average molecular weight is 296 g/mol. The molecule has 0 radical (unpaired) electrons. The van der Waals surface area contributed by atoms with Crippen LogP contribution < -0.4 is 10.6 Å². The summed E-state index contributed by atoms with van der Waals surface area (Å²) in [6.07, 6.45) is 0. The van der Waals surface area contributed by atoms with E-state index in [0.29, 0.717) is 0 Å². The lowest BCUT2D eigenvalue weighted by molar-refractivity contribution is -0.384. The summed E-state index contributed by atoms with van der Waals surface area (Å²) in [6, 6.07) is 2.26. The number of pyridine rings is 1. The molecule has 0 unspecified atom stereocenters. The van der Waals surface area contributed by atoms with Gasteiger partial charge in [-0.05, 0) is 19.9 Å². The van der Waals surface area contributed by atoms with E-state index in [4.69, 9.17) is 0 Å². The second kappa shape index (κ2) is 7.17. The standard InChI is InChI=1S/C12H16N4O5/c1-7(2)14-10(17)6-13-11-9(16(19)20)5-4-8(15-11)12(18)21-3/h4-5,7H,6H2,1-3H3,(H,13,15)(H,14,17). The summed E-state index contributed by atoms with van der Waals surface area (Å²) >= 11 is 0. The van der Waals surface area contributed by atoms with E-state index < -0.39 is 10.9 Å². The first-order valence-electron chi connectivity index (χ1n) is 6.12. The number of hydrogen-bond donors (Lipinski definition) is 2. The van der Waals surface area contributed by atoms with Crippen LogP contribution in [0.1, 0.15) is 24.3 Å². The second-order valence-corrected chi connectivity index (χ2v) is 4.39. The maximum absolute atomic E-state index is 11.5. The zero-order valence-electron chi connectivity index (χ0n) is 11.9. The minimum atomic E-state index is -0.723. The molecule has 1 heterocycles. The number of esters is 1. The van der Waals surface area contributed by atoms with Gasteiger partial charge in [-0.25, -0.2) is 9.78 Å². The number of carbonyl (C=O) groups excluding carboxylic acids is 2. The Labute approximate surface area is 120 Å². The molecule has 0 aliphatic carbocycles. The van der Waals surface area contributed by atoms with E-state index in [1.54, 1.807) is 13.8 Å². The van der Waals surface area contributed by atoms with Crippen molar-refractivity contribution < 1.29 is 19.2 Å². The van der Waals surface area contributed by atoms with Crippen LogP contribution in [0.3, 0.4) is 0 Å². The lowest BCUT2D eigenvalue weighted by atomic mass is 10.3. The topological polar surface area (TPSA) is 123 Å². The summed E-state index contributed by atoms with van der Waals surface area (Å²) in [4.78, 5) is 36.9. The highest BCUT2D eigenvalue weighted by molar-refractivity contribution is 5.88. The lowest BCUT2D eigenvalue weighted by Crippen LogP contribution is -2.35. The first-order chi connectivity index (χ1) is 9.85. The van der Waals surface area contributed by atoms with Gasteiger partial charge in [0.2, 0.25) is 11.7 Å². The number of anilines is 1. The summed E-state index contributed by atoms with van der Waals surface area (Å²) in [5.41, 5.74) is -0.421. The molecule has 0 bridgehead atoms. The van der Waals surface area contributed by atoms with Gasteiger partial charge in [0.05, 0.1) is 18.6 Å². The van der Waals surface area contributed by atoms with Crippen molar-refractivity contribution in [3.05, 3.63) is 27.9 Å². The molecule has 2 N–H and O–H groups in total. The van der Waals surface area contributed by atoms with E-state index in [2.05, 4.69) is 20.4 Å². The Balaban J connectivity index is 2.93. The highest BCUT2D eigenvalue weighted by Gasteiger charge is 2.19. The largest absolute Gasteiger partial charge is 0.464 e. The number of nitrogens with one attached hydrogen (secondary N) is 2. The van der Waals surface area contributed by atoms with Gasteiger partial charge in [-0.15, -0.1) is 0 Å². The number of aromatic nitrogens is 1. The number of hydrogen-bond acceptors (Lipinski definition) is 7. The normalized spacial score (nSPS) is 10.1. The minimum Gasteiger partial charge on any atom is -0.464 e. The Morgan fingerprint density at radius 2 is 2.10 bits per heavy atom. The molecule has 0 spiro atoms. The van der Waals surface area contributed by atoms with Crippen molar-refractivity contribution in [1.29, 1.82) is 0 Å². The third kappa shape index (κ3) is 4.71. The molecule has 1 rings (SSSR count). The Bertz CT molecular complexity index is 559. The number of carbonyl (C=O) groups is 2. The molecule has 114 valence electrons. The SMILES string of the molecule is COC(=O)c1ccc([N+](=O)[O-])c(NCC(=O)NC(C)C)n1. The lowest BCUT2D eigenvalue weighted by Gasteiger charge is -2.10. The fourth-order valence-electron chi connectivity index (χ4n) is 1.48. The third-order valence-electron chi connectivity index (χ3n) is 2.33. The van der Waals surface area contributed by atoms with Crippen molar-refractivity contribution in [1.82, 2.24) is 10.3 Å². The molecule has 0 saturated carbocycles. The summed E-state index contributed by atoms with van der Waals surface area (Å²) in [5, 5.41) is 16.1. The Morgan fingerprint density at radius 1 is 1.43 bits per heavy atom.